The molecule has 1 aromatic rings. The second-order valence-corrected chi connectivity index (χ2v) is 5.34. The zero-order chi connectivity index (χ0) is 16.7. The first-order valence-electron chi connectivity index (χ1n) is 7.11. The predicted octanol–water partition coefficient (Wildman–Crippen LogP) is 2.33. The number of benzene rings is 1. The molecule has 0 saturated heterocycles. The van der Waals surface area contributed by atoms with Gasteiger partial charge in [-0.25, -0.2) is 4.39 Å². The third-order valence-corrected chi connectivity index (χ3v) is 3.75. The molecule has 0 saturated carbocycles. The molecular formula is C15H20ClFN2O3. The first kappa shape index (κ1) is 18.4. The summed E-state index contributed by atoms with van der Waals surface area (Å²) in [7, 11) is 0. The number of nitrogens with one attached hydrogen (secondary N) is 2. The van der Waals surface area contributed by atoms with Gasteiger partial charge in [0, 0.05) is 12.2 Å². The van der Waals surface area contributed by atoms with Crippen molar-refractivity contribution in [1.29, 1.82) is 0 Å². The summed E-state index contributed by atoms with van der Waals surface area (Å²) in [6, 6.07) is 3.68. The van der Waals surface area contributed by atoms with Gasteiger partial charge in [-0.15, -0.1) is 0 Å². The van der Waals surface area contributed by atoms with Crippen molar-refractivity contribution in [2.24, 2.45) is 5.92 Å². The lowest BCUT2D eigenvalue weighted by Crippen LogP contribution is -2.41. The summed E-state index contributed by atoms with van der Waals surface area (Å²) >= 11 is 5.53. The zero-order valence-corrected chi connectivity index (χ0v) is 13.3. The normalized spacial score (nSPS) is 12.1. The fraction of sp³-hybridized carbons (Fsp3) is 0.467. The number of hydrogen-bond donors (Lipinski definition) is 3. The Morgan fingerprint density at radius 2 is 1.91 bits per heavy atom. The molecule has 0 aliphatic carbocycles. The van der Waals surface area contributed by atoms with Crippen LogP contribution in [-0.4, -0.2) is 29.6 Å². The molecule has 1 rings (SSSR count). The number of hydrogen-bond acceptors (Lipinski definition) is 3. The second-order valence-electron chi connectivity index (χ2n) is 4.94. The van der Waals surface area contributed by atoms with Crippen molar-refractivity contribution in [3.63, 3.8) is 0 Å². The quantitative estimate of drug-likeness (QED) is 0.700. The minimum atomic E-state index is -0.932. The summed E-state index contributed by atoms with van der Waals surface area (Å²) in [4.78, 5) is 23.3. The van der Waals surface area contributed by atoms with E-state index in [1.807, 2.05) is 13.8 Å². The Morgan fingerprint density at radius 3 is 2.45 bits per heavy atom. The highest BCUT2D eigenvalue weighted by Gasteiger charge is 2.19. The van der Waals surface area contributed by atoms with Gasteiger partial charge in [0.1, 0.15) is 5.82 Å². The van der Waals surface area contributed by atoms with Crippen LogP contribution in [0.1, 0.15) is 26.7 Å². The van der Waals surface area contributed by atoms with E-state index in [0.717, 1.165) is 18.9 Å². The summed E-state index contributed by atoms with van der Waals surface area (Å²) < 4.78 is 13.2. The summed E-state index contributed by atoms with van der Waals surface area (Å²) in [6.07, 6.45) is 0.854. The highest BCUT2D eigenvalue weighted by atomic mass is 35.5. The summed E-state index contributed by atoms with van der Waals surface area (Å²) in [5, 5.41) is 14.4. The average molecular weight is 331 g/mol. The molecule has 0 fully saturated rings. The Hall–Kier alpha value is -1.66. The van der Waals surface area contributed by atoms with Crippen molar-refractivity contribution < 1.29 is 19.1 Å². The van der Waals surface area contributed by atoms with Crippen LogP contribution >= 0.6 is 11.6 Å². The van der Waals surface area contributed by atoms with E-state index >= 15 is 0 Å². The van der Waals surface area contributed by atoms with Gasteiger partial charge >= 0.3 is 11.8 Å². The number of anilines is 1. The maximum Gasteiger partial charge on any atom is 0.313 e. The molecule has 0 aliphatic heterocycles. The lowest BCUT2D eigenvalue weighted by molar-refractivity contribution is -0.136. The third kappa shape index (κ3) is 5.27. The minimum absolute atomic E-state index is 0.00637. The molecule has 122 valence electrons. The van der Waals surface area contributed by atoms with Gasteiger partial charge in [0.2, 0.25) is 0 Å². The van der Waals surface area contributed by atoms with Crippen molar-refractivity contribution in [1.82, 2.24) is 5.32 Å². The van der Waals surface area contributed by atoms with E-state index in [1.165, 1.54) is 12.1 Å². The molecule has 0 radical (unpaired) electrons. The highest BCUT2D eigenvalue weighted by Crippen LogP contribution is 2.18. The van der Waals surface area contributed by atoms with Crippen LogP contribution < -0.4 is 10.6 Å². The largest absolute Gasteiger partial charge is 0.391 e. The fourth-order valence-corrected chi connectivity index (χ4v) is 2.16. The van der Waals surface area contributed by atoms with Crippen LogP contribution in [0.25, 0.3) is 0 Å². The molecule has 3 N–H and O–H groups in total. The molecule has 5 nitrogen and oxygen atoms in total. The SMILES string of the molecule is CCC(CC)C(O)CNC(=O)C(=O)Nc1ccc(Cl)c(F)c1. The number of aliphatic hydroxyl groups excluding tert-OH is 1. The molecule has 0 aromatic heterocycles. The summed E-state index contributed by atoms with van der Waals surface area (Å²) in [5.41, 5.74) is 0.127. The van der Waals surface area contributed by atoms with E-state index in [0.29, 0.717) is 0 Å². The molecule has 22 heavy (non-hydrogen) atoms. The van der Waals surface area contributed by atoms with E-state index in [1.54, 1.807) is 0 Å². The Morgan fingerprint density at radius 1 is 1.27 bits per heavy atom. The molecule has 0 spiro atoms. The zero-order valence-electron chi connectivity index (χ0n) is 12.5. The molecular weight excluding hydrogens is 311 g/mol. The van der Waals surface area contributed by atoms with Gasteiger partial charge in [-0.1, -0.05) is 38.3 Å². The molecule has 1 unspecified atom stereocenters. The maximum atomic E-state index is 13.2. The van der Waals surface area contributed by atoms with Gasteiger partial charge in [-0.05, 0) is 24.1 Å². The molecule has 1 atom stereocenters. The van der Waals surface area contributed by atoms with Crippen LogP contribution in [0.2, 0.25) is 5.02 Å². The van der Waals surface area contributed by atoms with Crippen LogP contribution in [0, 0.1) is 11.7 Å². The number of carbonyl (C=O) groups excluding carboxylic acids is 2. The lowest BCUT2D eigenvalue weighted by atomic mass is 9.96. The Labute approximate surface area is 133 Å². The number of halogens is 2. The molecule has 2 amide bonds. The third-order valence-electron chi connectivity index (χ3n) is 3.45. The number of carbonyl (C=O) groups is 2. The maximum absolute atomic E-state index is 13.2. The molecule has 0 bridgehead atoms. The molecule has 7 heteroatoms. The van der Waals surface area contributed by atoms with Crippen molar-refractivity contribution in [2.75, 3.05) is 11.9 Å². The van der Waals surface area contributed by atoms with Crippen LogP contribution in [0.5, 0.6) is 0 Å². The smallest absolute Gasteiger partial charge is 0.313 e. The van der Waals surface area contributed by atoms with E-state index in [4.69, 9.17) is 11.6 Å². The van der Waals surface area contributed by atoms with Crippen LogP contribution in [-0.2, 0) is 9.59 Å². The van der Waals surface area contributed by atoms with E-state index < -0.39 is 23.7 Å². The Kier molecular flexibility index (Phi) is 7.27. The van der Waals surface area contributed by atoms with Crippen LogP contribution in [0.4, 0.5) is 10.1 Å². The van der Waals surface area contributed by atoms with Crippen molar-refractivity contribution in [3.05, 3.63) is 29.0 Å². The van der Waals surface area contributed by atoms with Gasteiger partial charge in [0.25, 0.3) is 0 Å². The molecule has 0 heterocycles. The second kappa shape index (κ2) is 8.70. The summed E-state index contributed by atoms with van der Waals surface area (Å²) in [5.74, 6) is -2.45. The first-order chi connectivity index (χ1) is 10.4. The molecule has 1 aromatic carbocycles. The number of rotatable bonds is 6. The van der Waals surface area contributed by atoms with Gasteiger partial charge in [-0.2, -0.15) is 0 Å². The van der Waals surface area contributed by atoms with Crippen LogP contribution in [0.15, 0.2) is 18.2 Å². The topological polar surface area (TPSA) is 78.4 Å². The highest BCUT2D eigenvalue weighted by molar-refractivity contribution is 6.39. The molecule has 0 aliphatic rings. The van der Waals surface area contributed by atoms with Gasteiger partial charge < -0.3 is 15.7 Å². The van der Waals surface area contributed by atoms with E-state index in [9.17, 15) is 19.1 Å². The van der Waals surface area contributed by atoms with Gasteiger partial charge in [0.05, 0.1) is 11.1 Å². The minimum Gasteiger partial charge on any atom is -0.391 e. The van der Waals surface area contributed by atoms with Crippen molar-refractivity contribution in [3.8, 4) is 0 Å². The first-order valence-corrected chi connectivity index (χ1v) is 7.49. The number of aliphatic hydroxyl groups is 1. The van der Waals surface area contributed by atoms with Crippen molar-refractivity contribution in [2.45, 2.75) is 32.8 Å². The Balaban J connectivity index is 2.51. The Bertz CT molecular complexity index is 536. The van der Waals surface area contributed by atoms with E-state index in [2.05, 4.69) is 10.6 Å². The van der Waals surface area contributed by atoms with Gasteiger partial charge in [0.15, 0.2) is 0 Å². The van der Waals surface area contributed by atoms with Crippen molar-refractivity contribution >= 4 is 29.1 Å². The average Bonchev–Trinajstić information content (AvgIpc) is 2.49. The summed E-state index contributed by atoms with van der Waals surface area (Å²) in [6.45, 7) is 3.88. The lowest BCUT2D eigenvalue weighted by Gasteiger charge is -2.20. The standard InChI is InChI=1S/C15H20ClFN2O3/c1-3-9(4-2)13(20)8-18-14(21)15(22)19-10-5-6-11(16)12(17)7-10/h5-7,9,13,20H,3-4,8H2,1-2H3,(H,18,21)(H,19,22). The number of amides is 2. The van der Waals surface area contributed by atoms with Gasteiger partial charge in [-0.3, -0.25) is 9.59 Å². The van der Waals surface area contributed by atoms with E-state index in [-0.39, 0.29) is 23.2 Å². The predicted molar refractivity (Wildman–Crippen MR) is 83.1 cm³/mol. The van der Waals surface area contributed by atoms with Crippen LogP contribution in [0.3, 0.4) is 0 Å². The fourth-order valence-electron chi connectivity index (χ4n) is 2.04. The monoisotopic (exact) mass is 330 g/mol.